The number of hydrogen-bond donors (Lipinski definition) is 0. The Kier molecular flexibility index (Phi) is 10.1. The second-order valence-corrected chi connectivity index (χ2v) is 12.1. The predicted octanol–water partition coefficient (Wildman–Crippen LogP) is 6.84. The van der Waals surface area contributed by atoms with E-state index >= 15 is 0 Å². The van der Waals surface area contributed by atoms with Crippen molar-refractivity contribution in [1.82, 2.24) is 0 Å². The molecule has 3 atom stereocenters. The second kappa shape index (κ2) is 11.0. The van der Waals surface area contributed by atoms with E-state index in [9.17, 15) is 4.79 Å². The first kappa shape index (κ1) is 23.9. The van der Waals surface area contributed by atoms with E-state index in [0.717, 1.165) is 19.3 Å². The third-order valence-electron chi connectivity index (χ3n) is 6.67. The quantitative estimate of drug-likeness (QED) is 0.471. The van der Waals surface area contributed by atoms with Crippen molar-refractivity contribution in [2.24, 2.45) is 11.3 Å². The van der Waals surface area contributed by atoms with E-state index in [1.165, 1.54) is 56.1 Å². The van der Waals surface area contributed by atoms with Gasteiger partial charge >= 0.3 is 0 Å². The fourth-order valence-electron chi connectivity index (χ4n) is 5.49. The SMILES string of the molecule is CC1=C(C2(C([NH-])=O)CCCCCCCCCCC2[SiH](C)C)C(C)C=C1.[Ti]. The minimum absolute atomic E-state index is 0. The van der Waals surface area contributed by atoms with Gasteiger partial charge in [-0.3, -0.25) is 0 Å². The van der Waals surface area contributed by atoms with Crippen molar-refractivity contribution in [1.29, 1.82) is 0 Å². The minimum atomic E-state index is -1.06. The molecule has 3 unspecified atom stereocenters. The van der Waals surface area contributed by atoms with E-state index < -0.39 is 14.2 Å². The summed E-state index contributed by atoms with van der Waals surface area (Å²) in [5.74, 6) is 0.0260. The zero-order valence-corrected chi connectivity index (χ0v) is 20.1. The molecule has 1 N–H and O–H groups in total. The summed E-state index contributed by atoms with van der Waals surface area (Å²) < 4.78 is 0. The van der Waals surface area contributed by atoms with Gasteiger partial charge in [0.1, 0.15) is 0 Å². The first-order chi connectivity index (χ1) is 11.9. The molecule has 4 heteroatoms. The number of allylic oxidation sites excluding steroid dienone is 3. The molecule has 2 aliphatic carbocycles. The van der Waals surface area contributed by atoms with Crippen LogP contribution in [0.3, 0.4) is 0 Å². The minimum Gasteiger partial charge on any atom is -0.667 e. The Hall–Kier alpha value is -0.119. The Bertz CT molecular complexity index is 528. The van der Waals surface area contributed by atoms with Crippen molar-refractivity contribution in [2.75, 3.05) is 0 Å². The topological polar surface area (TPSA) is 40.9 Å². The van der Waals surface area contributed by atoms with Crippen LogP contribution in [0.15, 0.2) is 23.3 Å². The smallest absolute Gasteiger partial charge is 0.0592 e. The van der Waals surface area contributed by atoms with Crippen LogP contribution >= 0.6 is 0 Å². The monoisotopic (exact) mass is 408 g/mol. The first-order valence-corrected chi connectivity index (χ1v) is 13.5. The molecule has 0 bridgehead atoms. The summed E-state index contributed by atoms with van der Waals surface area (Å²) in [7, 11) is -1.06. The number of carbonyl (C=O) groups is 1. The van der Waals surface area contributed by atoms with Crippen molar-refractivity contribution in [3.05, 3.63) is 29.0 Å². The van der Waals surface area contributed by atoms with E-state index in [4.69, 9.17) is 5.73 Å². The van der Waals surface area contributed by atoms with Gasteiger partial charge < -0.3 is 10.5 Å². The Morgan fingerprint density at radius 1 is 1.08 bits per heavy atom. The summed E-state index contributed by atoms with van der Waals surface area (Å²) in [4.78, 5) is 13.0. The van der Waals surface area contributed by atoms with E-state index in [2.05, 4.69) is 39.1 Å². The molecule has 0 radical (unpaired) electrons. The second-order valence-electron chi connectivity index (χ2n) is 8.76. The van der Waals surface area contributed by atoms with Gasteiger partial charge in [-0.2, -0.15) is 0 Å². The third kappa shape index (κ3) is 5.23. The van der Waals surface area contributed by atoms with Crippen LogP contribution in [-0.4, -0.2) is 14.7 Å². The van der Waals surface area contributed by atoms with Crippen LogP contribution in [0.2, 0.25) is 18.6 Å². The molecule has 0 aromatic heterocycles. The van der Waals surface area contributed by atoms with Gasteiger partial charge in [-0.05, 0) is 30.4 Å². The molecular formula is C22H38NOSiTi-. The maximum Gasteiger partial charge on any atom is 0.0592 e. The summed E-state index contributed by atoms with van der Waals surface area (Å²) in [5, 5.41) is 0. The summed E-state index contributed by atoms with van der Waals surface area (Å²) >= 11 is 0. The van der Waals surface area contributed by atoms with Gasteiger partial charge in [0.25, 0.3) is 0 Å². The number of rotatable bonds is 3. The van der Waals surface area contributed by atoms with Gasteiger partial charge in [-0.15, -0.1) is 0 Å². The summed E-state index contributed by atoms with van der Waals surface area (Å²) in [5.41, 5.74) is 10.9. The van der Waals surface area contributed by atoms with Crippen LogP contribution in [0, 0.1) is 11.3 Å². The largest absolute Gasteiger partial charge is 0.667 e. The summed E-state index contributed by atoms with van der Waals surface area (Å²) in [6, 6.07) is 0. The molecule has 0 saturated heterocycles. The summed E-state index contributed by atoms with van der Waals surface area (Å²) in [6.45, 7) is 9.19. The van der Waals surface area contributed by atoms with Gasteiger partial charge in [0.2, 0.25) is 0 Å². The predicted molar refractivity (Wildman–Crippen MR) is 112 cm³/mol. The molecule has 1 amide bonds. The maximum atomic E-state index is 13.0. The average molecular weight is 409 g/mol. The van der Waals surface area contributed by atoms with Gasteiger partial charge in [0, 0.05) is 35.9 Å². The standard InChI is InChI=1S/C22H39NOSi.Ti/c1-17-14-15-18(2)20(17)22(21(23)24)16-12-10-8-6-5-7-9-11-13-19(22)25(3)4;/h14-15,17,19,25H,5-13,16H2,1-4H3,(H2,23,24);/p-1. The van der Waals surface area contributed by atoms with Crippen molar-refractivity contribution >= 4 is 14.7 Å². The molecule has 0 aliphatic heterocycles. The van der Waals surface area contributed by atoms with Crippen LogP contribution in [0.4, 0.5) is 0 Å². The van der Waals surface area contributed by atoms with Crippen LogP contribution in [0.5, 0.6) is 0 Å². The van der Waals surface area contributed by atoms with Crippen LogP contribution in [-0.2, 0) is 26.5 Å². The van der Waals surface area contributed by atoms with Gasteiger partial charge in [-0.1, -0.05) is 95.5 Å². The Balaban J connectivity index is 0.00000338. The zero-order chi connectivity index (χ0) is 18.4. The van der Waals surface area contributed by atoms with Crippen LogP contribution in [0.25, 0.3) is 5.73 Å². The van der Waals surface area contributed by atoms with E-state index in [1.54, 1.807) is 0 Å². The molecular weight excluding hydrogens is 370 g/mol. The number of amides is 1. The van der Waals surface area contributed by atoms with E-state index in [-0.39, 0.29) is 27.6 Å². The molecule has 2 aliphatic rings. The number of nitrogens with one attached hydrogen (secondary N) is 1. The van der Waals surface area contributed by atoms with E-state index in [0.29, 0.717) is 11.5 Å². The fourth-order valence-corrected chi connectivity index (χ4v) is 8.03. The molecule has 2 rings (SSSR count). The molecule has 1 saturated carbocycles. The van der Waals surface area contributed by atoms with Crippen LogP contribution in [0.1, 0.15) is 78.1 Å². The van der Waals surface area contributed by atoms with Crippen molar-refractivity contribution < 1.29 is 26.5 Å². The van der Waals surface area contributed by atoms with Gasteiger partial charge in [0.15, 0.2) is 0 Å². The Labute approximate surface area is 177 Å². The van der Waals surface area contributed by atoms with E-state index in [1.807, 2.05) is 0 Å². The molecule has 0 spiro atoms. The molecule has 1 fully saturated rings. The Morgan fingerprint density at radius 2 is 1.62 bits per heavy atom. The number of carbonyl (C=O) groups excluding carboxylic acids is 1. The molecule has 146 valence electrons. The van der Waals surface area contributed by atoms with Gasteiger partial charge in [-0.25, -0.2) is 0 Å². The zero-order valence-electron chi connectivity index (χ0n) is 17.4. The molecule has 0 heterocycles. The van der Waals surface area contributed by atoms with Crippen molar-refractivity contribution in [2.45, 2.75) is 96.7 Å². The first-order valence-electron chi connectivity index (χ1n) is 10.6. The molecule has 2 nitrogen and oxygen atoms in total. The molecule has 0 aromatic carbocycles. The molecule has 26 heavy (non-hydrogen) atoms. The van der Waals surface area contributed by atoms with Crippen molar-refractivity contribution in [3.8, 4) is 0 Å². The Morgan fingerprint density at radius 3 is 2.08 bits per heavy atom. The van der Waals surface area contributed by atoms with Crippen molar-refractivity contribution in [3.63, 3.8) is 0 Å². The number of hydrogen-bond acceptors (Lipinski definition) is 1. The fraction of sp³-hybridized carbons (Fsp3) is 0.773. The third-order valence-corrected chi connectivity index (χ3v) is 9.19. The maximum absolute atomic E-state index is 13.0. The molecule has 0 aromatic rings. The normalized spacial score (nSPS) is 31.3. The van der Waals surface area contributed by atoms with Crippen LogP contribution < -0.4 is 0 Å². The average Bonchev–Trinajstić information content (AvgIpc) is 2.87. The van der Waals surface area contributed by atoms with Gasteiger partial charge in [0.05, 0.1) is 5.91 Å². The summed E-state index contributed by atoms with van der Waals surface area (Å²) in [6.07, 6.45) is 16.7.